The third kappa shape index (κ3) is 3.42. The minimum atomic E-state index is -0.898. The van der Waals surface area contributed by atoms with Crippen LogP contribution in [0.2, 0.25) is 0 Å². The topological polar surface area (TPSA) is 86.7 Å². The average molecular weight is 330 g/mol. The molecule has 2 unspecified atom stereocenters. The highest BCUT2D eigenvalue weighted by Crippen LogP contribution is 2.34. The van der Waals surface area contributed by atoms with Crippen LogP contribution in [0.3, 0.4) is 0 Å². The van der Waals surface area contributed by atoms with Crippen molar-refractivity contribution in [1.82, 2.24) is 10.2 Å². The summed E-state index contributed by atoms with van der Waals surface area (Å²) in [6, 6.07) is 8.04. The number of rotatable bonds is 6. The SMILES string of the molecule is O=C(O)C1CCC1C(=O)NCCCC(=O)N1Cc2ccccc2C1. The lowest BCUT2D eigenvalue weighted by atomic mass is 9.73. The summed E-state index contributed by atoms with van der Waals surface area (Å²) in [7, 11) is 0. The van der Waals surface area contributed by atoms with Gasteiger partial charge in [0.1, 0.15) is 0 Å². The van der Waals surface area contributed by atoms with Crippen molar-refractivity contribution in [2.75, 3.05) is 6.54 Å². The molecule has 0 aromatic heterocycles. The number of carbonyl (C=O) groups excluding carboxylic acids is 2. The summed E-state index contributed by atoms with van der Waals surface area (Å²) >= 11 is 0. The highest BCUT2D eigenvalue weighted by molar-refractivity contribution is 5.86. The summed E-state index contributed by atoms with van der Waals surface area (Å²) in [6.07, 6.45) is 2.17. The summed E-state index contributed by atoms with van der Waals surface area (Å²) in [5.74, 6) is -1.96. The van der Waals surface area contributed by atoms with E-state index in [0.29, 0.717) is 45.3 Å². The number of amides is 2. The summed E-state index contributed by atoms with van der Waals surface area (Å²) in [5, 5.41) is 11.7. The van der Waals surface area contributed by atoms with E-state index >= 15 is 0 Å². The fourth-order valence-electron chi connectivity index (χ4n) is 3.36. The smallest absolute Gasteiger partial charge is 0.307 e. The Hall–Kier alpha value is -2.37. The number of hydrogen-bond acceptors (Lipinski definition) is 3. The Balaban J connectivity index is 1.36. The maximum absolute atomic E-state index is 12.2. The lowest BCUT2D eigenvalue weighted by Crippen LogP contribution is -2.44. The molecule has 3 rings (SSSR count). The first-order valence-corrected chi connectivity index (χ1v) is 8.41. The van der Waals surface area contributed by atoms with Crippen molar-refractivity contribution < 1.29 is 19.5 Å². The van der Waals surface area contributed by atoms with E-state index in [2.05, 4.69) is 5.32 Å². The molecule has 1 heterocycles. The van der Waals surface area contributed by atoms with Gasteiger partial charge in [-0.3, -0.25) is 14.4 Å². The van der Waals surface area contributed by atoms with Gasteiger partial charge in [-0.05, 0) is 30.4 Å². The van der Waals surface area contributed by atoms with Crippen LogP contribution in [-0.2, 0) is 27.5 Å². The quantitative estimate of drug-likeness (QED) is 0.775. The number of carboxylic acid groups (broad SMARTS) is 1. The number of carboxylic acids is 1. The third-order valence-electron chi connectivity index (χ3n) is 4.99. The fraction of sp³-hybridized carbons (Fsp3) is 0.500. The van der Waals surface area contributed by atoms with Crippen molar-refractivity contribution in [1.29, 1.82) is 0 Å². The number of nitrogens with one attached hydrogen (secondary N) is 1. The van der Waals surface area contributed by atoms with Crippen molar-refractivity contribution in [2.24, 2.45) is 11.8 Å². The predicted molar refractivity (Wildman–Crippen MR) is 86.8 cm³/mol. The lowest BCUT2D eigenvalue weighted by molar-refractivity contribution is -0.152. The Kier molecular flexibility index (Phi) is 4.83. The number of benzene rings is 1. The van der Waals surface area contributed by atoms with Crippen molar-refractivity contribution in [3.63, 3.8) is 0 Å². The van der Waals surface area contributed by atoms with Gasteiger partial charge >= 0.3 is 5.97 Å². The van der Waals surface area contributed by atoms with Crippen LogP contribution in [-0.4, -0.2) is 34.3 Å². The van der Waals surface area contributed by atoms with Crippen LogP contribution in [0.1, 0.15) is 36.8 Å². The second-order valence-corrected chi connectivity index (χ2v) is 6.54. The van der Waals surface area contributed by atoms with Gasteiger partial charge in [-0.2, -0.15) is 0 Å². The maximum Gasteiger partial charge on any atom is 0.307 e. The first kappa shape index (κ1) is 16.5. The number of nitrogens with zero attached hydrogens (tertiary/aromatic N) is 1. The van der Waals surface area contributed by atoms with Crippen molar-refractivity contribution in [3.05, 3.63) is 35.4 Å². The Labute approximate surface area is 140 Å². The molecule has 0 radical (unpaired) electrons. The van der Waals surface area contributed by atoms with Crippen LogP contribution in [0.5, 0.6) is 0 Å². The second-order valence-electron chi connectivity index (χ2n) is 6.54. The highest BCUT2D eigenvalue weighted by Gasteiger charge is 2.41. The van der Waals surface area contributed by atoms with Gasteiger partial charge < -0.3 is 15.3 Å². The maximum atomic E-state index is 12.2. The molecule has 1 aliphatic heterocycles. The largest absolute Gasteiger partial charge is 0.481 e. The van der Waals surface area contributed by atoms with Gasteiger partial charge in [0.05, 0.1) is 11.8 Å². The van der Waals surface area contributed by atoms with Crippen LogP contribution in [0, 0.1) is 11.8 Å². The molecule has 1 fully saturated rings. The zero-order valence-electron chi connectivity index (χ0n) is 13.5. The molecule has 2 N–H and O–H groups in total. The molecule has 2 atom stereocenters. The van der Waals surface area contributed by atoms with Gasteiger partial charge in [-0.1, -0.05) is 24.3 Å². The molecule has 0 spiro atoms. The van der Waals surface area contributed by atoms with E-state index in [-0.39, 0.29) is 11.8 Å². The van der Waals surface area contributed by atoms with Gasteiger partial charge in [-0.15, -0.1) is 0 Å². The zero-order valence-corrected chi connectivity index (χ0v) is 13.5. The molecular formula is C18H22N2O4. The summed E-state index contributed by atoms with van der Waals surface area (Å²) < 4.78 is 0. The molecule has 0 saturated heterocycles. The first-order chi connectivity index (χ1) is 11.6. The van der Waals surface area contributed by atoms with Crippen molar-refractivity contribution >= 4 is 17.8 Å². The molecule has 128 valence electrons. The number of carbonyl (C=O) groups is 3. The molecule has 6 heteroatoms. The number of hydrogen-bond donors (Lipinski definition) is 2. The normalized spacial score (nSPS) is 21.8. The van der Waals surface area contributed by atoms with Crippen LogP contribution in [0.15, 0.2) is 24.3 Å². The zero-order chi connectivity index (χ0) is 17.1. The molecule has 1 aliphatic carbocycles. The number of aliphatic carboxylic acids is 1. The van der Waals surface area contributed by atoms with E-state index in [1.807, 2.05) is 29.2 Å². The average Bonchev–Trinajstić information content (AvgIpc) is 2.93. The van der Waals surface area contributed by atoms with Gasteiger partial charge in [0.15, 0.2) is 0 Å². The van der Waals surface area contributed by atoms with E-state index in [1.54, 1.807) is 0 Å². The standard InChI is InChI=1S/C18H22N2O4/c21-16(20-10-12-4-1-2-5-13(12)11-20)6-3-9-19-17(22)14-7-8-15(14)18(23)24/h1-2,4-5,14-15H,3,6-11H2,(H,19,22)(H,23,24). The summed E-state index contributed by atoms with van der Waals surface area (Å²) in [4.78, 5) is 36.9. The van der Waals surface area contributed by atoms with E-state index in [4.69, 9.17) is 5.11 Å². The minimum absolute atomic E-state index is 0.0903. The van der Waals surface area contributed by atoms with Crippen LogP contribution >= 0.6 is 0 Å². The van der Waals surface area contributed by atoms with Crippen LogP contribution in [0.4, 0.5) is 0 Å². The molecule has 2 aliphatic rings. The highest BCUT2D eigenvalue weighted by atomic mass is 16.4. The number of fused-ring (bicyclic) bond motifs is 1. The Morgan fingerprint density at radius 1 is 1.08 bits per heavy atom. The molecule has 1 aromatic carbocycles. The van der Waals surface area contributed by atoms with Crippen LogP contribution in [0.25, 0.3) is 0 Å². The first-order valence-electron chi connectivity index (χ1n) is 8.41. The minimum Gasteiger partial charge on any atom is -0.481 e. The molecule has 6 nitrogen and oxygen atoms in total. The van der Waals surface area contributed by atoms with E-state index in [1.165, 1.54) is 11.1 Å². The van der Waals surface area contributed by atoms with Gasteiger partial charge in [0, 0.05) is 26.1 Å². The van der Waals surface area contributed by atoms with Gasteiger partial charge in [0.2, 0.25) is 11.8 Å². The van der Waals surface area contributed by atoms with Crippen LogP contribution < -0.4 is 5.32 Å². The Morgan fingerprint density at radius 2 is 1.71 bits per heavy atom. The molecule has 0 bridgehead atoms. The lowest BCUT2D eigenvalue weighted by Gasteiger charge is -2.31. The van der Waals surface area contributed by atoms with E-state index < -0.39 is 17.8 Å². The summed E-state index contributed by atoms with van der Waals surface area (Å²) in [5.41, 5.74) is 2.40. The molecule has 1 aromatic rings. The molecule has 24 heavy (non-hydrogen) atoms. The van der Waals surface area contributed by atoms with Gasteiger partial charge in [0.25, 0.3) is 0 Å². The molecule has 2 amide bonds. The summed E-state index contributed by atoms with van der Waals surface area (Å²) in [6.45, 7) is 1.72. The van der Waals surface area contributed by atoms with Crippen molar-refractivity contribution in [3.8, 4) is 0 Å². The Bertz CT molecular complexity index is 633. The third-order valence-corrected chi connectivity index (χ3v) is 4.99. The molecular weight excluding hydrogens is 308 g/mol. The Morgan fingerprint density at radius 3 is 2.25 bits per heavy atom. The monoisotopic (exact) mass is 330 g/mol. The van der Waals surface area contributed by atoms with Gasteiger partial charge in [-0.25, -0.2) is 0 Å². The second kappa shape index (κ2) is 7.03. The predicted octanol–water partition coefficient (Wildman–Crippen LogP) is 1.54. The molecule has 1 saturated carbocycles. The van der Waals surface area contributed by atoms with Crippen molar-refractivity contribution in [2.45, 2.75) is 38.8 Å². The fourth-order valence-corrected chi connectivity index (χ4v) is 3.36. The van der Waals surface area contributed by atoms with E-state index in [0.717, 1.165) is 0 Å². The van der Waals surface area contributed by atoms with E-state index in [9.17, 15) is 14.4 Å².